The van der Waals surface area contributed by atoms with Gasteiger partial charge < -0.3 is 14.6 Å². The molecule has 1 aromatic heterocycles. The first kappa shape index (κ1) is 13.4. The third-order valence-electron chi connectivity index (χ3n) is 4.56. The van der Waals surface area contributed by atoms with Gasteiger partial charge in [0, 0.05) is 5.92 Å². The normalized spacial score (nSPS) is 25.5. The molecule has 1 N–H and O–H groups in total. The van der Waals surface area contributed by atoms with Crippen LogP contribution in [-0.4, -0.2) is 45.3 Å². The molecule has 1 fully saturated rings. The summed E-state index contributed by atoms with van der Waals surface area (Å²) in [5.74, 6) is 1.61. The summed E-state index contributed by atoms with van der Waals surface area (Å²) in [5, 5.41) is 10.5. The first-order valence-electron chi connectivity index (χ1n) is 7.34. The van der Waals surface area contributed by atoms with E-state index in [4.69, 9.17) is 11.6 Å². The molecule has 2 aliphatic heterocycles. The van der Waals surface area contributed by atoms with Crippen molar-refractivity contribution in [1.29, 1.82) is 0 Å². The minimum Gasteiger partial charge on any atom is -0.391 e. The molecule has 1 unspecified atom stereocenters. The van der Waals surface area contributed by atoms with Crippen LogP contribution in [0.25, 0.3) is 0 Å². The van der Waals surface area contributed by atoms with Crippen LogP contribution in [-0.2, 0) is 13.0 Å². The van der Waals surface area contributed by atoms with E-state index in [9.17, 15) is 5.11 Å². The summed E-state index contributed by atoms with van der Waals surface area (Å²) in [5.41, 5.74) is 1.12. The number of nitrogens with zero attached hydrogens (tertiary/aromatic N) is 3. The van der Waals surface area contributed by atoms with Gasteiger partial charge in [-0.2, -0.15) is 0 Å². The third-order valence-corrected chi connectivity index (χ3v) is 4.86. The van der Waals surface area contributed by atoms with Crippen LogP contribution in [0.2, 0.25) is 5.15 Å². The van der Waals surface area contributed by atoms with E-state index in [0.29, 0.717) is 17.6 Å². The first-order valence-corrected chi connectivity index (χ1v) is 7.72. The first-order chi connectivity index (χ1) is 9.19. The number of likely N-dealkylation sites (tertiary alicyclic amines) is 1. The zero-order valence-corrected chi connectivity index (χ0v) is 12.2. The summed E-state index contributed by atoms with van der Waals surface area (Å²) in [6, 6.07) is 0. The molecular formula is C14H22ClN3O. The number of piperidine rings is 1. The molecule has 0 radical (unpaired) electrons. The molecule has 4 nitrogen and oxygen atoms in total. The summed E-state index contributed by atoms with van der Waals surface area (Å²) in [7, 11) is 0. The monoisotopic (exact) mass is 283 g/mol. The smallest absolute Gasteiger partial charge is 0.150 e. The molecule has 3 heterocycles. The third kappa shape index (κ3) is 2.54. The standard InChI is InChI=1S/C14H22ClN3O/c1-2-17-7-5-10(6-8-17)14-16-13(15)12-4-3-11(19)9-18(12)14/h10-11,19H,2-9H2,1H3. The Hall–Kier alpha value is -0.580. The average molecular weight is 284 g/mol. The summed E-state index contributed by atoms with van der Waals surface area (Å²) < 4.78 is 2.18. The highest BCUT2D eigenvalue weighted by atomic mass is 35.5. The van der Waals surface area contributed by atoms with Crippen LogP contribution >= 0.6 is 11.6 Å². The van der Waals surface area contributed by atoms with Crippen molar-refractivity contribution in [2.24, 2.45) is 0 Å². The van der Waals surface area contributed by atoms with E-state index >= 15 is 0 Å². The van der Waals surface area contributed by atoms with Gasteiger partial charge in [0.1, 0.15) is 5.82 Å². The number of halogens is 1. The van der Waals surface area contributed by atoms with Crippen molar-refractivity contribution >= 4 is 11.6 Å². The molecule has 1 aromatic rings. The van der Waals surface area contributed by atoms with Gasteiger partial charge >= 0.3 is 0 Å². The number of aromatic nitrogens is 2. The van der Waals surface area contributed by atoms with E-state index < -0.39 is 0 Å². The lowest BCUT2D eigenvalue weighted by atomic mass is 9.95. The van der Waals surface area contributed by atoms with Crippen molar-refractivity contribution in [1.82, 2.24) is 14.5 Å². The Morgan fingerprint density at radius 1 is 1.32 bits per heavy atom. The summed E-state index contributed by atoms with van der Waals surface area (Å²) >= 11 is 6.26. The van der Waals surface area contributed by atoms with Gasteiger partial charge in [-0.15, -0.1) is 0 Å². The Morgan fingerprint density at radius 2 is 2.05 bits per heavy atom. The molecule has 0 saturated carbocycles. The highest BCUT2D eigenvalue weighted by Gasteiger charge is 2.29. The SMILES string of the molecule is CCN1CCC(c2nc(Cl)c3n2CC(O)CC3)CC1. The predicted octanol–water partition coefficient (Wildman–Crippen LogP) is 2.04. The lowest BCUT2D eigenvalue weighted by molar-refractivity contribution is 0.128. The summed E-state index contributed by atoms with van der Waals surface area (Å²) in [4.78, 5) is 7.08. The molecule has 2 aliphatic rings. The Kier molecular flexibility index (Phi) is 3.83. The van der Waals surface area contributed by atoms with Crippen molar-refractivity contribution in [3.63, 3.8) is 0 Å². The fourth-order valence-corrected chi connectivity index (χ4v) is 3.62. The zero-order chi connectivity index (χ0) is 13.4. The maximum atomic E-state index is 9.87. The number of hydrogen-bond acceptors (Lipinski definition) is 3. The zero-order valence-electron chi connectivity index (χ0n) is 11.5. The minimum absolute atomic E-state index is 0.243. The molecule has 106 valence electrons. The van der Waals surface area contributed by atoms with E-state index in [1.807, 2.05) is 0 Å². The van der Waals surface area contributed by atoms with Crippen LogP contribution in [0.5, 0.6) is 0 Å². The van der Waals surface area contributed by atoms with E-state index in [0.717, 1.165) is 56.8 Å². The van der Waals surface area contributed by atoms with Gasteiger partial charge in [0.05, 0.1) is 18.3 Å². The fourth-order valence-electron chi connectivity index (χ4n) is 3.34. The Bertz CT molecular complexity index is 452. The van der Waals surface area contributed by atoms with Gasteiger partial charge in [0.25, 0.3) is 0 Å². The number of fused-ring (bicyclic) bond motifs is 1. The highest BCUT2D eigenvalue weighted by Crippen LogP contribution is 2.33. The molecule has 3 rings (SSSR count). The lowest BCUT2D eigenvalue weighted by Gasteiger charge is -2.32. The lowest BCUT2D eigenvalue weighted by Crippen LogP contribution is -2.34. The number of aliphatic hydroxyl groups is 1. The quantitative estimate of drug-likeness (QED) is 0.903. The minimum atomic E-state index is -0.243. The molecule has 0 spiro atoms. The maximum absolute atomic E-state index is 9.87. The van der Waals surface area contributed by atoms with Gasteiger partial charge in [-0.3, -0.25) is 0 Å². The fraction of sp³-hybridized carbons (Fsp3) is 0.786. The van der Waals surface area contributed by atoms with Crippen molar-refractivity contribution in [3.8, 4) is 0 Å². The van der Waals surface area contributed by atoms with Gasteiger partial charge in [-0.05, 0) is 45.3 Å². The Balaban J connectivity index is 1.82. The van der Waals surface area contributed by atoms with Gasteiger partial charge in [0.15, 0.2) is 5.15 Å². The molecule has 0 amide bonds. The molecule has 0 bridgehead atoms. The average Bonchev–Trinajstić information content (AvgIpc) is 2.75. The van der Waals surface area contributed by atoms with Crippen LogP contribution < -0.4 is 0 Å². The number of hydrogen-bond donors (Lipinski definition) is 1. The second kappa shape index (κ2) is 5.43. The van der Waals surface area contributed by atoms with Crippen molar-refractivity contribution < 1.29 is 5.11 Å². The topological polar surface area (TPSA) is 41.3 Å². The molecule has 1 saturated heterocycles. The van der Waals surface area contributed by atoms with E-state index in [2.05, 4.69) is 21.4 Å². The molecule has 0 aromatic carbocycles. The van der Waals surface area contributed by atoms with Crippen molar-refractivity contribution in [2.45, 2.75) is 51.2 Å². The van der Waals surface area contributed by atoms with Crippen LogP contribution in [0.15, 0.2) is 0 Å². The maximum Gasteiger partial charge on any atom is 0.150 e. The molecule has 19 heavy (non-hydrogen) atoms. The van der Waals surface area contributed by atoms with E-state index in [1.54, 1.807) is 0 Å². The number of imidazole rings is 1. The van der Waals surface area contributed by atoms with E-state index in [1.165, 1.54) is 0 Å². The molecular weight excluding hydrogens is 262 g/mol. The predicted molar refractivity (Wildman–Crippen MR) is 75.7 cm³/mol. The van der Waals surface area contributed by atoms with Crippen molar-refractivity contribution in [2.75, 3.05) is 19.6 Å². The van der Waals surface area contributed by atoms with Crippen LogP contribution in [0.1, 0.15) is 43.6 Å². The van der Waals surface area contributed by atoms with Crippen molar-refractivity contribution in [3.05, 3.63) is 16.7 Å². The van der Waals surface area contributed by atoms with Crippen LogP contribution in [0, 0.1) is 0 Å². The van der Waals surface area contributed by atoms with Gasteiger partial charge in [-0.25, -0.2) is 4.98 Å². The highest BCUT2D eigenvalue weighted by molar-refractivity contribution is 6.30. The van der Waals surface area contributed by atoms with Gasteiger partial charge in [-0.1, -0.05) is 18.5 Å². The summed E-state index contributed by atoms with van der Waals surface area (Å²) in [6.07, 6.45) is 3.71. The molecule has 5 heteroatoms. The largest absolute Gasteiger partial charge is 0.391 e. The van der Waals surface area contributed by atoms with Crippen LogP contribution in [0.3, 0.4) is 0 Å². The molecule has 0 aliphatic carbocycles. The number of aliphatic hydroxyl groups excluding tert-OH is 1. The Labute approximate surface area is 119 Å². The summed E-state index contributed by atoms with van der Waals surface area (Å²) in [6.45, 7) is 6.29. The van der Waals surface area contributed by atoms with Crippen LogP contribution in [0.4, 0.5) is 0 Å². The van der Waals surface area contributed by atoms with E-state index in [-0.39, 0.29) is 6.10 Å². The second-order valence-corrected chi connectivity index (χ2v) is 6.08. The molecule has 1 atom stereocenters. The number of rotatable bonds is 2. The second-order valence-electron chi connectivity index (χ2n) is 5.72. The Morgan fingerprint density at radius 3 is 2.74 bits per heavy atom. The van der Waals surface area contributed by atoms with Gasteiger partial charge in [0.2, 0.25) is 0 Å².